The van der Waals surface area contributed by atoms with E-state index in [4.69, 9.17) is 0 Å². The monoisotopic (exact) mass is 454 g/mol. The van der Waals surface area contributed by atoms with Gasteiger partial charge in [-0.15, -0.1) is 0 Å². The van der Waals surface area contributed by atoms with E-state index in [9.17, 15) is 16.8 Å². The minimum Gasteiger partial charge on any atom is -0.280 e. The molecule has 6 nitrogen and oxygen atoms in total. The van der Waals surface area contributed by atoms with Crippen LogP contribution in [0.1, 0.15) is 17.5 Å². The molecule has 0 radical (unpaired) electrons. The zero-order valence-electron chi connectivity index (χ0n) is 16.7. The Labute approximate surface area is 183 Å². The molecule has 0 atom stereocenters. The minimum absolute atomic E-state index is 0.235. The average molecular weight is 455 g/mol. The molecule has 0 aromatic heterocycles. The van der Waals surface area contributed by atoms with Gasteiger partial charge in [-0.25, -0.2) is 16.8 Å². The number of fused-ring (bicyclic) bond motifs is 1. The van der Waals surface area contributed by atoms with Crippen LogP contribution < -0.4 is 9.03 Å². The van der Waals surface area contributed by atoms with Crippen LogP contribution in [0.4, 0.5) is 11.4 Å². The number of aryl methyl sites for hydroxylation is 1. The largest absolute Gasteiger partial charge is 0.280 e. The third-order valence-electron chi connectivity index (χ3n) is 4.99. The summed E-state index contributed by atoms with van der Waals surface area (Å²) in [5, 5.41) is 1.12. The van der Waals surface area contributed by atoms with Crippen molar-refractivity contribution in [2.24, 2.45) is 0 Å². The molecule has 0 unspecified atom stereocenters. The normalized spacial score (nSPS) is 14.4. The minimum atomic E-state index is -3.71. The van der Waals surface area contributed by atoms with Gasteiger partial charge < -0.3 is 0 Å². The fourth-order valence-electron chi connectivity index (χ4n) is 3.53. The summed E-state index contributed by atoms with van der Waals surface area (Å²) in [6, 6.07) is 22.4. The molecule has 3 aromatic carbocycles. The van der Waals surface area contributed by atoms with Crippen molar-refractivity contribution in [1.29, 1.82) is 0 Å². The van der Waals surface area contributed by atoms with Gasteiger partial charge in [-0.2, -0.15) is 0 Å². The molecule has 1 aliphatic rings. The predicted molar refractivity (Wildman–Crippen MR) is 124 cm³/mol. The molecule has 1 heterocycles. The summed E-state index contributed by atoms with van der Waals surface area (Å²) in [6.07, 6.45) is 2.85. The van der Waals surface area contributed by atoms with Crippen molar-refractivity contribution in [3.63, 3.8) is 0 Å². The van der Waals surface area contributed by atoms with Crippen molar-refractivity contribution >= 4 is 37.5 Å². The van der Waals surface area contributed by atoms with E-state index < -0.39 is 20.0 Å². The smallest absolute Gasteiger partial charge is 0.264 e. The van der Waals surface area contributed by atoms with Crippen LogP contribution in [0.2, 0.25) is 0 Å². The average Bonchev–Trinajstić information content (AvgIpc) is 2.78. The molecule has 1 N–H and O–H groups in total. The van der Waals surface area contributed by atoms with E-state index in [1.54, 1.807) is 48.5 Å². The zero-order valence-corrected chi connectivity index (χ0v) is 18.3. The van der Waals surface area contributed by atoms with E-state index in [1.807, 2.05) is 30.3 Å². The summed E-state index contributed by atoms with van der Waals surface area (Å²) in [5.41, 5.74) is 2.55. The molecule has 1 aliphatic heterocycles. The van der Waals surface area contributed by atoms with Gasteiger partial charge in [-0.05, 0) is 60.4 Å². The molecule has 31 heavy (non-hydrogen) atoms. The Balaban J connectivity index is 1.58. The van der Waals surface area contributed by atoms with Gasteiger partial charge in [0.25, 0.3) is 20.0 Å². The maximum absolute atomic E-state index is 13.1. The number of rotatable bonds is 6. The lowest BCUT2D eigenvalue weighted by atomic mass is 10.0. The summed E-state index contributed by atoms with van der Waals surface area (Å²) in [4.78, 5) is 0.235. The zero-order chi connectivity index (χ0) is 21.9. The molecule has 0 saturated heterocycles. The van der Waals surface area contributed by atoms with Crippen molar-refractivity contribution < 1.29 is 16.8 Å². The second-order valence-corrected chi connectivity index (χ2v) is 10.6. The first kappa shape index (κ1) is 21.1. The topological polar surface area (TPSA) is 83.6 Å². The van der Waals surface area contributed by atoms with Crippen molar-refractivity contribution in [1.82, 2.24) is 0 Å². The van der Waals surface area contributed by atoms with Crippen molar-refractivity contribution in [2.75, 3.05) is 15.6 Å². The summed E-state index contributed by atoms with van der Waals surface area (Å²) >= 11 is 0. The SMILES string of the molecule is O=S(=O)(/C=C/c1ccccc1)Nc1ccc2c(c1)CCCN2S(=O)(=O)c1ccccc1. The van der Waals surface area contributed by atoms with E-state index in [1.165, 1.54) is 10.4 Å². The predicted octanol–water partition coefficient (Wildman–Crippen LogP) is 4.24. The van der Waals surface area contributed by atoms with Crippen LogP contribution in [-0.4, -0.2) is 23.4 Å². The molecule has 0 aliphatic carbocycles. The molecule has 0 fully saturated rings. The first-order valence-corrected chi connectivity index (χ1v) is 12.8. The maximum atomic E-state index is 13.1. The highest BCUT2D eigenvalue weighted by Gasteiger charge is 2.29. The van der Waals surface area contributed by atoms with Gasteiger partial charge in [-0.3, -0.25) is 9.03 Å². The van der Waals surface area contributed by atoms with Gasteiger partial charge in [-0.1, -0.05) is 48.5 Å². The molecule has 8 heteroatoms. The van der Waals surface area contributed by atoms with E-state index >= 15 is 0 Å². The summed E-state index contributed by atoms with van der Waals surface area (Å²) in [7, 11) is -7.39. The second kappa shape index (κ2) is 8.56. The van der Waals surface area contributed by atoms with Crippen LogP contribution in [0.15, 0.2) is 89.2 Å². The molecular weight excluding hydrogens is 432 g/mol. The number of hydrogen-bond acceptors (Lipinski definition) is 4. The van der Waals surface area contributed by atoms with E-state index in [2.05, 4.69) is 4.72 Å². The van der Waals surface area contributed by atoms with Crippen molar-refractivity contribution in [3.05, 3.63) is 95.4 Å². The molecule has 0 saturated carbocycles. The number of hydrogen-bond donors (Lipinski definition) is 1. The standard InChI is InChI=1S/C23H22N2O4S2/c26-30(27,17-15-19-8-3-1-4-9-19)24-21-13-14-23-20(18-21)10-7-16-25(23)31(28,29)22-11-5-2-6-12-22/h1-6,8-9,11-15,17-18,24H,7,10,16H2/b17-15+. The highest BCUT2D eigenvalue weighted by molar-refractivity contribution is 7.95. The highest BCUT2D eigenvalue weighted by atomic mass is 32.2. The second-order valence-electron chi connectivity index (χ2n) is 7.20. The Hall–Kier alpha value is -3.10. The molecule has 0 amide bonds. The molecule has 4 rings (SSSR count). The molecule has 0 bridgehead atoms. The number of anilines is 2. The number of nitrogens with zero attached hydrogens (tertiary/aromatic N) is 1. The highest BCUT2D eigenvalue weighted by Crippen LogP contribution is 2.34. The third kappa shape index (κ3) is 4.81. The lowest BCUT2D eigenvalue weighted by molar-refractivity contribution is 0.586. The summed E-state index contributed by atoms with van der Waals surface area (Å²) < 4.78 is 55.0. The van der Waals surface area contributed by atoms with Crippen molar-refractivity contribution in [3.8, 4) is 0 Å². The van der Waals surface area contributed by atoms with Crippen molar-refractivity contribution in [2.45, 2.75) is 17.7 Å². The van der Waals surface area contributed by atoms with E-state index in [-0.39, 0.29) is 4.90 Å². The third-order valence-corrected chi connectivity index (χ3v) is 7.83. The van der Waals surface area contributed by atoms with Crippen LogP contribution >= 0.6 is 0 Å². The van der Waals surface area contributed by atoms with Crippen LogP contribution in [0.25, 0.3) is 6.08 Å². The maximum Gasteiger partial charge on any atom is 0.264 e. The Bertz CT molecular complexity index is 1300. The Morgan fingerprint density at radius 2 is 1.52 bits per heavy atom. The van der Waals surface area contributed by atoms with Gasteiger partial charge in [0, 0.05) is 12.2 Å². The lowest BCUT2D eigenvalue weighted by Gasteiger charge is -2.30. The Morgan fingerprint density at radius 3 is 2.23 bits per heavy atom. The number of nitrogens with one attached hydrogen (secondary N) is 1. The Kier molecular flexibility index (Phi) is 5.84. The fourth-order valence-corrected chi connectivity index (χ4v) is 5.95. The van der Waals surface area contributed by atoms with Crippen LogP contribution in [-0.2, 0) is 26.5 Å². The van der Waals surface area contributed by atoms with Gasteiger partial charge in [0.2, 0.25) is 0 Å². The first-order valence-electron chi connectivity index (χ1n) is 9.82. The summed E-state index contributed by atoms with van der Waals surface area (Å²) in [6.45, 7) is 0.384. The van der Waals surface area contributed by atoms with Gasteiger partial charge in [0.15, 0.2) is 0 Å². The Morgan fingerprint density at radius 1 is 0.839 bits per heavy atom. The molecule has 160 valence electrons. The van der Waals surface area contributed by atoms with Crippen LogP contribution in [0, 0.1) is 0 Å². The molecular formula is C23H22N2O4S2. The molecule has 3 aromatic rings. The van der Waals surface area contributed by atoms with Gasteiger partial charge in [0.1, 0.15) is 0 Å². The van der Waals surface area contributed by atoms with Gasteiger partial charge >= 0.3 is 0 Å². The first-order chi connectivity index (χ1) is 14.9. The fraction of sp³-hybridized carbons (Fsp3) is 0.130. The van der Waals surface area contributed by atoms with E-state index in [0.717, 1.165) is 16.5 Å². The van der Waals surface area contributed by atoms with Crippen LogP contribution in [0.3, 0.4) is 0 Å². The molecule has 0 spiro atoms. The summed E-state index contributed by atoms with van der Waals surface area (Å²) in [5.74, 6) is 0. The quantitative estimate of drug-likeness (QED) is 0.604. The van der Waals surface area contributed by atoms with Crippen LogP contribution in [0.5, 0.6) is 0 Å². The van der Waals surface area contributed by atoms with Gasteiger partial charge in [0.05, 0.1) is 16.0 Å². The van der Waals surface area contributed by atoms with E-state index in [0.29, 0.717) is 30.8 Å². The number of sulfonamides is 2. The lowest BCUT2D eigenvalue weighted by Crippen LogP contribution is -2.35. The number of benzene rings is 3.